The molecule has 20 heavy (non-hydrogen) atoms. The van der Waals surface area contributed by atoms with Gasteiger partial charge >= 0.3 is 0 Å². The van der Waals surface area contributed by atoms with E-state index in [0.717, 1.165) is 38.8 Å². The average Bonchev–Trinajstić information content (AvgIpc) is 2.83. The second kappa shape index (κ2) is 7.23. The summed E-state index contributed by atoms with van der Waals surface area (Å²) in [5.74, 6) is 0.297. The molecule has 1 aromatic rings. The van der Waals surface area contributed by atoms with Crippen molar-refractivity contribution in [1.82, 2.24) is 10.2 Å². The maximum Gasteiger partial charge on any atom is 0.239 e. The van der Waals surface area contributed by atoms with Crippen molar-refractivity contribution in [1.29, 1.82) is 0 Å². The summed E-state index contributed by atoms with van der Waals surface area (Å²) in [6.07, 6.45) is 4.15. The number of thiophene rings is 1. The third-order valence-corrected chi connectivity index (χ3v) is 4.96. The Balaban J connectivity index is 1.94. The summed E-state index contributed by atoms with van der Waals surface area (Å²) in [4.78, 5) is 17.3. The first-order valence-electron chi connectivity index (χ1n) is 7.71. The Hall–Kier alpha value is -0.870. The normalized spacial score (nSPS) is 21.2. The molecule has 1 saturated heterocycles. The molecule has 0 radical (unpaired) electrons. The van der Waals surface area contributed by atoms with Crippen LogP contribution in [0.1, 0.15) is 42.9 Å². The van der Waals surface area contributed by atoms with E-state index in [1.54, 1.807) is 0 Å². The Bertz CT molecular complexity index is 443. The summed E-state index contributed by atoms with van der Waals surface area (Å²) >= 11 is 1.84. The van der Waals surface area contributed by atoms with Crippen LogP contribution < -0.4 is 5.32 Å². The summed E-state index contributed by atoms with van der Waals surface area (Å²) in [6.45, 7) is 8.29. The smallest absolute Gasteiger partial charge is 0.239 e. The highest BCUT2D eigenvalue weighted by molar-refractivity contribution is 7.11. The quantitative estimate of drug-likeness (QED) is 0.875. The van der Waals surface area contributed by atoms with Gasteiger partial charge in [-0.3, -0.25) is 4.79 Å². The second-order valence-corrected chi connectivity index (χ2v) is 7.12. The maximum absolute atomic E-state index is 12.5. The van der Waals surface area contributed by atoms with Crippen LogP contribution in [-0.4, -0.2) is 36.0 Å². The van der Waals surface area contributed by atoms with Crippen LogP contribution in [0, 0.1) is 6.92 Å². The van der Waals surface area contributed by atoms with Crippen LogP contribution in [0.4, 0.5) is 0 Å². The summed E-state index contributed by atoms with van der Waals surface area (Å²) in [5.41, 5.74) is 0. The molecule has 0 spiro atoms. The fourth-order valence-electron chi connectivity index (χ4n) is 2.84. The van der Waals surface area contributed by atoms with Gasteiger partial charge in [-0.05, 0) is 51.8 Å². The molecular formula is C16H26N2OS. The van der Waals surface area contributed by atoms with E-state index in [4.69, 9.17) is 0 Å². The standard InChI is InChI=1S/C16H26N2OS/c1-4-9-17-15-6-5-10-18(16(15)19)12(2)11-14-8-7-13(3)20-14/h7-8,12,15,17H,4-6,9-11H2,1-3H3. The van der Waals surface area contributed by atoms with Gasteiger partial charge in [0.15, 0.2) is 0 Å². The molecule has 1 aliphatic heterocycles. The first-order valence-corrected chi connectivity index (χ1v) is 8.52. The van der Waals surface area contributed by atoms with Crippen molar-refractivity contribution >= 4 is 17.2 Å². The number of rotatable bonds is 6. The number of aryl methyl sites for hydroxylation is 1. The number of likely N-dealkylation sites (tertiary alicyclic amines) is 1. The molecule has 1 amide bonds. The summed E-state index contributed by atoms with van der Waals surface area (Å²) in [5, 5.41) is 3.39. The van der Waals surface area contributed by atoms with Gasteiger partial charge in [0.1, 0.15) is 0 Å². The molecule has 0 aromatic carbocycles. The van der Waals surface area contributed by atoms with Gasteiger partial charge in [0, 0.05) is 28.8 Å². The van der Waals surface area contributed by atoms with E-state index >= 15 is 0 Å². The number of carbonyl (C=O) groups is 1. The van der Waals surface area contributed by atoms with Crippen LogP contribution in [0.15, 0.2) is 12.1 Å². The van der Waals surface area contributed by atoms with Gasteiger partial charge in [-0.25, -0.2) is 0 Å². The summed E-state index contributed by atoms with van der Waals surface area (Å²) in [7, 11) is 0. The number of nitrogens with one attached hydrogen (secondary N) is 1. The van der Waals surface area contributed by atoms with Gasteiger partial charge < -0.3 is 10.2 Å². The Labute approximate surface area is 126 Å². The lowest BCUT2D eigenvalue weighted by Crippen LogP contribution is -2.54. The molecule has 4 heteroatoms. The predicted molar refractivity (Wildman–Crippen MR) is 85.3 cm³/mol. The third kappa shape index (κ3) is 3.83. The largest absolute Gasteiger partial charge is 0.338 e. The van der Waals surface area contributed by atoms with Gasteiger partial charge in [0.2, 0.25) is 5.91 Å². The number of hydrogen-bond acceptors (Lipinski definition) is 3. The van der Waals surface area contributed by atoms with E-state index < -0.39 is 0 Å². The molecule has 1 aromatic heterocycles. The van der Waals surface area contributed by atoms with Crippen molar-refractivity contribution in [2.45, 2.75) is 58.5 Å². The van der Waals surface area contributed by atoms with Crippen LogP contribution in [0.5, 0.6) is 0 Å². The van der Waals surface area contributed by atoms with Crippen molar-refractivity contribution in [3.05, 3.63) is 21.9 Å². The molecule has 2 heterocycles. The highest BCUT2D eigenvalue weighted by atomic mass is 32.1. The van der Waals surface area contributed by atoms with Crippen molar-refractivity contribution in [2.24, 2.45) is 0 Å². The first kappa shape index (κ1) is 15.5. The van der Waals surface area contributed by atoms with E-state index in [2.05, 4.69) is 43.1 Å². The zero-order valence-corrected chi connectivity index (χ0v) is 13.6. The van der Waals surface area contributed by atoms with E-state index in [9.17, 15) is 4.79 Å². The molecule has 0 bridgehead atoms. The highest BCUT2D eigenvalue weighted by Crippen LogP contribution is 2.21. The minimum atomic E-state index is 0.0382. The molecule has 2 atom stereocenters. The fraction of sp³-hybridized carbons (Fsp3) is 0.688. The Morgan fingerprint density at radius 3 is 2.95 bits per heavy atom. The lowest BCUT2D eigenvalue weighted by atomic mass is 10.0. The van der Waals surface area contributed by atoms with Gasteiger partial charge in [-0.1, -0.05) is 6.92 Å². The van der Waals surface area contributed by atoms with Crippen LogP contribution in [0.2, 0.25) is 0 Å². The number of nitrogens with zero attached hydrogens (tertiary/aromatic N) is 1. The Morgan fingerprint density at radius 2 is 2.30 bits per heavy atom. The number of amides is 1. The van der Waals surface area contributed by atoms with Crippen molar-refractivity contribution in [2.75, 3.05) is 13.1 Å². The van der Waals surface area contributed by atoms with E-state index in [0.29, 0.717) is 11.9 Å². The van der Waals surface area contributed by atoms with Crippen molar-refractivity contribution in [3.8, 4) is 0 Å². The monoisotopic (exact) mass is 294 g/mol. The Morgan fingerprint density at radius 1 is 1.50 bits per heavy atom. The van der Waals surface area contributed by atoms with Gasteiger partial charge in [-0.2, -0.15) is 0 Å². The molecule has 1 fully saturated rings. The van der Waals surface area contributed by atoms with E-state index in [1.165, 1.54) is 9.75 Å². The molecule has 1 N–H and O–H groups in total. The topological polar surface area (TPSA) is 32.3 Å². The maximum atomic E-state index is 12.5. The van der Waals surface area contributed by atoms with Crippen LogP contribution in [-0.2, 0) is 11.2 Å². The zero-order valence-electron chi connectivity index (χ0n) is 12.8. The van der Waals surface area contributed by atoms with Crippen LogP contribution in [0.25, 0.3) is 0 Å². The molecule has 0 saturated carbocycles. The van der Waals surface area contributed by atoms with E-state index in [1.807, 2.05) is 11.3 Å². The predicted octanol–water partition coefficient (Wildman–Crippen LogP) is 2.98. The third-order valence-electron chi connectivity index (χ3n) is 3.94. The fourth-order valence-corrected chi connectivity index (χ4v) is 3.85. The Kier molecular flexibility index (Phi) is 5.61. The van der Waals surface area contributed by atoms with Crippen LogP contribution >= 0.6 is 11.3 Å². The number of hydrogen-bond donors (Lipinski definition) is 1. The summed E-state index contributed by atoms with van der Waals surface area (Å²) in [6, 6.07) is 4.69. The van der Waals surface area contributed by atoms with E-state index in [-0.39, 0.29) is 6.04 Å². The van der Waals surface area contributed by atoms with Gasteiger partial charge in [0.05, 0.1) is 6.04 Å². The van der Waals surface area contributed by atoms with Gasteiger partial charge in [0.25, 0.3) is 0 Å². The molecule has 3 nitrogen and oxygen atoms in total. The molecule has 1 aliphatic rings. The number of piperidine rings is 1. The average molecular weight is 294 g/mol. The van der Waals surface area contributed by atoms with Crippen molar-refractivity contribution in [3.63, 3.8) is 0 Å². The minimum absolute atomic E-state index is 0.0382. The number of carbonyl (C=O) groups excluding carboxylic acids is 1. The molecule has 2 rings (SSSR count). The molecule has 112 valence electrons. The van der Waals surface area contributed by atoms with Crippen LogP contribution in [0.3, 0.4) is 0 Å². The second-order valence-electron chi connectivity index (χ2n) is 5.75. The lowest BCUT2D eigenvalue weighted by molar-refractivity contribution is -0.138. The van der Waals surface area contributed by atoms with Crippen molar-refractivity contribution < 1.29 is 4.79 Å². The van der Waals surface area contributed by atoms with Gasteiger partial charge in [-0.15, -0.1) is 11.3 Å². The molecule has 0 aliphatic carbocycles. The first-order chi connectivity index (χ1) is 9.61. The summed E-state index contributed by atoms with van der Waals surface area (Å²) < 4.78 is 0. The SMILES string of the molecule is CCCNC1CCCN(C(C)Cc2ccc(C)s2)C1=O. The minimum Gasteiger partial charge on any atom is -0.338 e. The zero-order chi connectivity index (χ0) is 14.5. The lowest BCUT2D eigenvalue weighted by Gasteiger charge is -2.37. The highest BCUT2D eigenvalue weighted by Gasteiger charge is 2.31. The molecule has 2 unspecified atom stereocenters. The molecular weight excluding hydrogens is 268 g/mol.